The minimum absolute atomic E-state index is 0.00778. The van der Waals surface area contributed by atoms with E-state index in [0.29, 0.717) is 36.1 Å². The summed E-state index contributed by atoms with van der Waals surface area (Å²) >= 11 is 0. The summed E-state index contributed by atoms with van der Waals surface area (Å²) in [4.78, 5) is 57.7. The Labute approximate surface area is 237 Å². The van der Waals surface area contributed by atoms with Crippen molar-refractivity contribution in [2.75, 3.05) is 39.0 Å². The first-order valence-electron chi connectivity index (χ1n) is 14.4. The molecule has 3 N–H and O–H groups in total. The van der Waals surface area contributed by atoms with Crippen LogP contribution in [-0.2, 0) is 4.79 Å². The molecule has 0 aromatic carbocycles. The lowest BCUT2D eigenvalue weighted by atomic mass is 9.53. The van der Waals surface area contributed by atoms with Gasteiger partial charge in [0, 0.05) is 62.5 Å². The molecule has 5 heterocycles. The molecule has 2 aliphatic heterocycles. The molecular formula is C29H35N9O3. The molecule has 1 spiro atoms. The Kier molecular flexibility index (Phi) is 6.00. The van der Waals surface area contributed by atoms with Crippen LogP contribution in [0.3, 0.4) is 0 Å². The fourth-order valence-corrected chi connectivity index (χ4v) is 7.54. The van der Waals surface area contributed by atoms with Crippen LogP contribution in [0.15, 0.2) is 30.6 Å². The van der Waals surface area contributed by atoms with Crippen molar-refractivity contribution < 1.29 is 14.4 Å². The number of pyridine rings is 1. The van der Waals surface area contributed by atoms with Crippen LogP contribution >= 0.6 is 0 Å². The van der Waals surface area contributed by atoms with E-state index in [-0.39, 0.29) is 47.8 Å². The highest BCUT2D eigenvalue weighted by Gasteiger charge is 2.70. The third kappa shape index (κ3) is 3.91. The number of nitrogens with zero attached hydrogens (tertiary/aromatic N) is 7. The lowest BCUT2D eigenvalue weighted by Gasteiger charge is -2.67. The van der Waals surface area contributed by atoms with E-state index in [1.807, 2.05) is 15.9 Å². The van der Waals surface area contributed by atoms with E-state index in [1.165, 1.54) is 0 Å². The summed E-state index contributed by atoms with van der Waals surface area (Å²) in [5.74, 6) is 0.731. The van der Waals surface area contributed by atoms with Crippen molar-refractivity contribution in [1.82, 2.24) is 34.2 Å². The Hall–Kier alpha value is -4.06. The Morgan fingerprint density at radius 1 is 1.10 bits per heavy atom. The third-order valence-electron chi connectivity index (χ3n) is 9.65. The lowest BCUT2D eigenvalue weighted by Crippen LogP contribution is -2.78. The molecule has 0 bridgehead atoms. The van der Waals surface area contributed by atoms with Crippen molar-refractivity contribution in [3.05, 3.63) is 41.9 Å². The van der Waals surface area contributed by atoms with E-state index in [2.05, 4.69) is 19.9 Å². The Morgan fingerprint density at radius 2 is 1.90 bits per heavy atom. The van der Waals surface area contributed by atoms with Gasteiger partial charge >= 0.3 is 0 Å². The van der Waals surface area contributed by atoms with Crippen molar-refractivity contribution in [2.45, 2.75) is 56.7 Å². The average Bonchev–Trinajstić information content (AvgIpc) is 3.71. The SMILES string of the molecule is CN(C)C(=O)c1cc2cnc(Nc3ccc(C(=O)N4CC5N(C(=O)CN)C6CCC65C4)cn3)nc2n1C1CCCC1. The second-order valence-electron chi connectivity index (χ2n) is 12.1. The summed E-state index contributed by atoms with van der Waals surface area (Å²) in [6.45, 7) is 1.21. The molecule has 3 amide bonds. The number of fused-ring (bicyclic) bond motifs is 1. The number of piperidine rings is 1. The zero-order chi connectivity index (χ0) is 28.5. The molecule has 41 heavy (non-hydrogen) atoms. The maximum atomic E-state index is 13.3. The fourth-order valence-electron chi connectivity index (χ4n) is 7.54. The first kappa shape index (κ1) is 25.9. The monoisotopic (exact) mass is 557 g/mol. The number of hydrogen-bond donors (Lipinski definition) is 2. The molecule has 7 rings (SSSR count). The number of likely N-dealkylation sites (tertiary alicyclic amines) is 2. The first-order chi connectivity index (χ1) is 19.8. The lowest BCUT2D eigenvalue weighted by molar-refractivity contribution is -0.191. The van der Waals surface area contributed by atoms with Crippen molar-refractivity contribution in [3.8, 4) is 0 Å². The highest BCUT2D eigenvalue weighted by molar-refractivity contribution is 5.98. The van der Waals surface area contributed by atoms with Gasteiger partial charge in [-0.2, -0.15) is 4.98 Å². The van der Waals surface area contributed by atoms with Crippen molar-refractivity contribution in [2.24, 2.45) is 11.1 Å². The van der Waals surface area contributed by atoms with Crippen LogP contribution in [0.5, 0.6) is 0 Å². The zero-order valence-corrected chi connectivity index (χ0v) is 23.4. The summed E-state index contributed by atoms with van der Waals surface area (Å²) in [5.41, 5.74) is 7.52. The molecule has 3 aromatic heterocycles. The fraction of sp³-hybridized carbons (Fsp3) is 0.517. The van der Waals surface area contributed by atoms with Gasteiger partial charge < -0.3 is 30.3 Å². The normalized spacial score (nSPS) is 25.0. The predicted molar refractivity (Wildman–Crippen MR) is 152 cm³/mol. The van der Waals surface area contributed by atoms with E-state index in [0.717, 1.165) is 49.6 Å². The van der Waals surface area contributed by atoms with Gasteiger partial charge in [0.25, 0.3) is 11.8 Å². The molecular weight excluding hydrogens is 522 g/mol. The van der Waals surface area contributed by atoms with Gasteiger partial charge in [0.1, 0.15) is 17.2 Å². The van der Waals surface area contributed by atoms with Crippen LogP contribution in [0.4, 0.5) is 11.8 Å². The number of nitrogens with two attached hydrogens (primary N) is 1. The summed E-state index contributed by atoms with van der Waals surface area (Å²) in [5, 5.41) is 3.98. The number of hydrogen-bond acceptors (Lipinski definition) is 8. The van der Waals surface area contributed by atoms with Gasteiger partial charge in [-0.15, -0.1) is 0 Å². The van der Waals surface area contributed by atoms with Crippen molar-refractivity contribution in [3.63, 3.8) is 0 Å². The van der Waals surface area contributed by atoms with Crippen molar-refractivity contribution in [1.29, 1.82) is 0 Å². The number of aromatic nitrogens is 4. The Balaban J connectivity index is 1.08. The molecule has 4 aliphatic rings. The van der Waals surface area contributed by atoms with Gasteiger partial charge in [-0.25, -0.2) is 9.97 Å². The van der Waals surface area contributed by atoms with Gasteiger partial charge in [0.15, 0.2) is 0 Å². The third-order valence-corrected chi connectivity index (χ3v) is 9.65. The number of anilines is 2. The van der Waals surface area contributed by atoms with Gasteiger partial charge in [-0.3, -0.25) is 14.4 Å². The quantitative estimate of drug-likeness (QED) is 0.470. The molecule has 214 valence electrons. The number of nitrogens with one attached hydrogen (secondary N) is 1. The van der Waals surface area contributed by atoms with E-state index in [4.69, 9.17) is 10.7 Å². The van der Waals surface area contributed by atoms with E-state index < -0.39 is 0 Å². The number of carbonyl (C=O) groups excluding carboxylic acids is 3. The average molecular weight is 558 g/mol. The Bertz CT molecular complexity index is 1540. The highest BCUT2D eigenvalue weighted by Crippen LogP contribution is 2.61. The second kappa shape index (κ2) is 9.51. The smallest absolute Gasteiger partial charge is 0.270 e. The summed E-state index contributed by atoms with van der Waals surface area (Å²) in [6.07, 6.45) is 9.62. The second-order valence-corrected chi connectivity index (χ2v) is 12.1. The van der Waals surface area contributed by atoms with Gasteiger partial charge in [0.2, 0.25) is 11.9 Å². The van der Waals surface area contributed by atoms with Crippen LogP contribution in [-0.4, -0.2) is 97.8 Å². The minimum atomic E-state index is -0.0798. The van der Waals surface area contributed by atoms with Crippen LogP contribution in [0, 0.1) is 5.41 Å². The van der Waals surface area contributed by atoms with E-state index in [9.17, 15) is 14.4 Å². The largest absolute Gasteiger partial charge is 0.343 e. The topological polar surface area (TPSA) is 143 Å². The Morgan fingerprint density at radius 3 is 2.56 bits per heavy atom. The van der Waals surface area contributed by atoms with Crippen LogP contribution in [0.2, 0.25) is 0 Å². The summed E-state index contributed by atoms with van der Waals surface area (Å²) in [6, 6.07) is 5.89. The molecule has 2 aliphatic carbocycles. The molecule has 3 atom stereocenters. The minimum Gasteiger partial charge on any atom is -0.343 e. The molecule has 3 unspecified atom stereocenters. The standard InChI is InChI=1S/C29H35N9O3/c1-35(2)27(41)20-11-18-14-32-28(34-25(18)37(20)19-5-3-4-6-19)33-23-8-7-17(13-31-23)26(40)36-15-22-29(16-36)10-9-21(29)38(22)24(39)12-30/h7-8,11,13-14,19,21-22H,3-6,9-10,12,15-16,30H2,1-2H3,(H,31,32,33,34). The van der Waals surface area contributed by atoms with Gasteiger partial charge in [-0.1, -0.05) is 12.8 Å². The summed E-state index contributed by atoms with van der Waals surface area (Å²) in [7, 11) is 3.51. The number of carbonyl (C=O) groups is 3. The number of amides is 3. The molecule has 3 aromatic rings. The molecule has 12 nitrogen and oxygen atoms in total. The van der Waals surface area contributed by atoms with E-state index in [1.54, 1.807) is 43.5 Å². The van der Waals surface area contributed by atoms with Crippen LogP contribution in [0.1, 0.15) is 65.4 Å². The maximum Gasteiger partial charge on any atom is 0.270 e. The molecule has 2 saturated heterocycles. The molecule has 2 saturated carbocycles. The summed E-state index contributed by atoms with van der Waals surface area (Å²) < 4.78 is 2.07. The maximum absolute atomic E-state index is 13.3. The van der Waals surface area contributed by atoms with Gasteiger partial charge in [-0.05, 0) is 43.9 Å². The molecule has 12 heteroatoms. The van der Waals surface area contributed by atoms with Crippen LogP contribution in [0.25, 0.3) is 11.0 Å². The van der Waals surface area contributed by atoms with Crippen molar-refractivity contribution >= 4 is 40.5 Å². The first-order valence-corrected chi connectivity index (χ1v) is 14.4. The highest BCUT2D eigenvalue weighted by atomic mass is 16.2. The molecule has 0 radical (unpaired) electrons. The van der Waals surface area contributed by atoms with Crippen LogP contribution < -0.4 is 11.1 Å². The molecule has 4 fully saturated rings. The van der Waals surface area contributed by atoms with E-state index >= 15 is 0 Å². The van der Waals surface area contributed by atoms with Gasteiger partial charge in [0.05, 0.1) is 18.2 Å². The predicted octanol–water partition coefficient (Wildman–Crippen LogP) is 2.16. The zero-order valence-electron chi connectivity index (χ0n) is 23.4. The number of rotatable bonds is 6.